The molecule has 2 fully saturated rings. The van der Waals surface area contributed by atoms with Crippen LogP contribution in [0.4, 0.5) is 0 Å². The van der Waals surface area contributed by atoms with Crippen LogP contribution < -0.4 is 0 Å². The van der Waals surface area contributed by atoms with E-state index in [2.05, 4.69) is 0 Å². The summed E-state index contributed by atoms with van der Waals surface area (Å²) in [6, 6.07) is 4.07. The van der Waals surface area contributed by atoms with Gasteiger partial charge in [0.1, 0.15) is 0 Å². The molecule has 9 heteroatoms. The van der Waals surface area contributed by atoms with E-state index in [9.17, 15) is 18.0 Å². The quantitative estimate of drug-likeness (QED) is 0.702. The molecule has 1 aromatic carbocycles. The molecule has 1 saturated carbocycles. The molecule has 0 bridgehead atoms. The zero-order valence-corrected chi connectivity index (χ0v) is 15.6. The molecule has 1 aliphatic carbocycles. The van der Waals surface area contributed by atoms with Crippen LogP contribution in [0.3, 0.4) is 0 Å². The SMILES string of the molecule is O=C(OCC(=O)N(C1CC1)[C@@H]1CCS(=O)(=O)C1)c1ccc(Cl)cc1Cl. The lowest BCUT2D eigenvalue weighted by atomic mass is 10.2. The maximum absolute atomic E-state index is 12.5. The van der Waals surface area contributed by atoms with Crippen molar-refractivity contribution in [2.45, 2.75) is 31.3 Å². The molecule has 1 saturated heterocycles. The number of hydrogen-bond donors (Lipinski definition) is 0. The number of amides is 1. The summed E-state index contributed by atoms with van der Waals surface area (Å²) in [6.45, 7) is -0.440. The van der Waals surface area contributed by atoms with Crippen molar-refractivity contribution < 1.29 is 22.7 Å². The van der Waals surface area contributed by atoms with E-state index in [1.54, 1.807) is 4.90 Å². The second-order valence-electron chi connectivity index (χ2n) is 6.29. The van der Waals surface area contributed by atoms with Crippen molar-refractivity contribution in [1.29, 1.82) is 0 Å². The van der Waals surface area contributed by atoms with Gasteiger partial charge in [0.05, 0.1) is 22.1 Å². The highest BCUT2D eigenvalue weighted by Gasteiger charge is 2.42. The van der Waals surface area contributed by atoms with E-state index in [0.717, 1.165) is 12.8 Å². The number of carbonyl (C=O) groups excluding carboxylic acids is 2. The molecule has 0 spiro atoms. The molecule has 1 amide bonds. The van der Waals surface area contributed by atoms with Gasteiger partial charge in [-0.2, -0.15) is 0 Å². The van der Waals surface area contributed by atoms with E-state index in [0.29, 0.717) is 11.4 Å². The third kappa shape index (κ3) is 4.46. The number of nitrogens with zero attached hydrogens (tertiary/aromatic N) is 1. The highest BCUT2D eigenvalue weighted by molar-refractivity contribution is 7.91. The first-order valence-electron chi connectivity index (χ1n) is 7.90. The van der Waals surface area contributed by atoms with E-state index in [4.69, 9.17) is 27.9 Å². The van der Waals surface area contributed by atoms with Gasteiger partial charge in [-0.1, -0.05) is 23.2 Å². The molecular weight excluding hydrogens is 389 g/mol. The first-order chi connectivity index (χ1) is 11.8. The fraction of sp³-hybridized carbons (Fsp3) is 0.500. The maximum Gasteiger partial charge on any atom is 0.340 e. The molecular formula is C16H17Cl2NO5S. The van der Waals surface area contributed by atoms with Crippen LogP contribution in [0.25, 0.3) is 0 Å². The molecule has 0 N–H and O–H groups in total. The van der Waals surface area contributed by atoms with Gasteiger partial charge in [0.15, 0.2) is 16.4 Å². The first kappa shape index (κ1) is 18.5. The molecule has 1 atom stereocenters. The monoisotopic (exact) mass is 405 g/mol. The summed E-state index contributed by atoms with van der Waals surface area (Å²) in [4.78, 5) is 26.2. The smallest absolute Gasteiger partial charge is 0.340 e. The van der Waals surface area contributed by atoms with E-state index in [1.807, 2.05) is 0 Å². The van der Waals surface area contributed by atoms with Crippen LogP contribution in [-0.2, 0) is 19.4 Å². The molecule has 25 heavy (non-hydrogen) atoms. The van der Waals surface area contributed by atoms with Crippen LogP contribution in [-0.4, -0.2) is 55.4 Å². The van der Waals surface area contributed by atoms with Crippen molar-refractivity contribution in [3.8, 4) is 0 Å². The number of ether oxygens (including phenoxy) is 1. The number of esters is 1. The third-order valence-corrected chi connectivity index (χ3v) is 6.61. The van der Waals surface area contributed by atoms with Gasteiger partial charge in [-0.05, 0) is 37.5 Å². The largest absolute Gasteiger partial charge is 0.452 e. The Morgan fingerprint density at radius 1 is 1.16 bits per heavy atom. The highest BCUT2D eigenvalue weighted by Crippen LogP contribution is 2.32. The number of carbonyl (C=O) groups is 2. The molecule has 0 unspecified atom stereocenters. The number of rotatable bonds is 5. The number of halogens is 2. The second kappa shape index (κ2) is 7.13. The molecule has 3 rings (SSSR count). The summed E-state index contributed by atoms with van der Waals surface area (Å²) in [5.41, 5.74) is 0.125. The Labute approximate surface area is 155 Å². The molecule has 1 aromatic rings. The highest BCUT2D eigenvalue weighted by atomic mass is 35.5. The lowest BCUT2D eigenvalue weighted by Gasteiger charge is -2.28. The molecule has 136 valence electrons. The number of hydrogen-bond acceptors (Lipinski definition) is 5. The minimum atomic E-state index is -3.10. The van der Waals surface area contributed by atoms with Gasteiger partial charge in [0.25, 0.3) is 5.91 Å². The van der Waals surface area contributed by atoms with Gasteiger partial charge >= 0.3 is 5.97 Å². The minimum absolute atomic E-state index is 0.0216. The van der Waals surface area contributed by atoms with Crippen LogP contribution in [0.2, 0.25) is 10.0 Å². The van der Waals surface area contributed by atoms with Crippen LogP contribution in [0.15, 0.2) is 18.2 Å². The molecule has 0 aromatic heterocycles. The van der Waals surface area contributed by atoms with E-state index < -0.39 is 22.4 Å². The first-order valence-corrected chi connectivity index (χ1v) is 10.5. The van der Waals surface area contributed by atoms with Crippen molar-refractivity contribution in [3.05, 3.63) is 33.8 Å². The zero-order valence-electron chi connectivity index (χ0n) is 13.3. The Morgan fingerprint density at radius 2 is 1.88 bits per heavy atom. The predicted octanol–water partition coefficient (Wildman–Crippen LogP) is 2.33. The average molecular weight is 406 g/mol. The summed E-state index contributed by atoms with van der Waals surface area (Å²) in [5, 5.41) is 0.533. The summed E-state index contributed by atoms with van der Waals surface area (Å²) >= 11 is 11.7. The lowest BCUT2D eigenvalue weighted by Crippen LogP contribution is -2.44. The van der Waals surface area contributed by atoms with Crippen molar-refractivity contribution in [2.24, 2.45) is 0 Å². The molecule has 2 aliphatic rings. The second-order valence-corrected chi connectivity index (χ2v) is 9.36. The van der Waals surface area contributed by atoms with Crippen LogP contribution in [0.1, 0.15) is 29.6 Å². The fourth-order valence-corrected chi connectivity index (χ4v) is 5.18. The Kier molecular flexibility index (Phi) is 5.27. The average Bonchev–Trinajstić information content (AvgIpc) is 3.29. The molecule has 0 radical (unpaired) electrons. The number of benzene rings is 1. The van der Waals surface area contributed by atoms with Crippen molar-refractivity contribution in [3.63, 3.8) is 0 Å². The lowest BCUT2D eigenvalue weighted by molar-refractivity contribution is -0.137. The summed E-state index contributed by atoms with van der Waals surface area (Å²) in [5.74, 6) is -1.02. The van der Waals surface area contributed by atoms with Crippen molar-refractivity contribution in [2.75, 3.05) is 18.1 Å². The van der Waals surface area contributed by atoms with E-state index in [1.165, 1.54) is 18.2 Å². The topological polar surface area (TPSA) is 80.8 Å². The molecule has 1 heterocycles. The Balaban J connectivity index is 1.63. The Hall–Kier alpha value is -1.31. The normalized spacial score (nSPS) is 21.8. The van der Waals surface area contributed by atoms with Gasteiger partial charge in [-0.25, -0.2) is 13.2 Å². The predicted molar refractivity (Wildman–Crippen MR) is 93.7 cm³/mol. The standard InChI is InChI=1S/C16H17Cl2NO5S/c17-10-1-4-13(14(18)7-10)16(21)24-8-15(20)19(11-2-3-11)12-5-6-25(22,23)9-12/h1,4,7,11-12H,2-3,5-6,8-9H2/t12-/m1/s1. The summed E-state index contributed by atoms with van der Waals surface area (Å²) < 4.78 is 28.4. The van der Waals surface area contributed by atoms with Crippen LogP contribution in [0, 0.1) is 0 Å². The van der Waals surface area contributed by atoms with Gasteiger partial charge in [-0.3, -0.25) is 4.79 Å². The minimum Gasteiger partial charge on any atom is -0.452 e. The fourth-order valence-electron chi connectivity index (χ4n) is 2.99. The van der Waals surface area contributed by atoms with Crippen molar-refractivity contribution in [1.82, 2.24) is 4.90 Å². The Morgan fingerprint density at radius 3 is 2.44 bits per heavy atom. The van der Waals surface area contributed by atoms with Gasteiger partial charge in [-0.15, -0.1) is 0 Å². The molecule has 6 nitrogen and oxygen atoms in total. The van der Waals surface area contributed by atoms with Crippen LogP contribution in [0.5, 0.6) is 0 Å². The summed E-state index contributed by atoms with van der Waals surface area (Å²) in [7, 11) is -3.10. The zero-order chi connectivity index (χ0) is 18.2. The van der Waals surface area contributed by atoms with Crippen LogP contribution >= 0.6 is 23.2 Å². The van der Waals surface area contributed by atoms with Gasteiger partial charge in [0, 0.05) is 17.1 Å². The number of sulfone groups is 1. The Bertz CT molecular complexity index is 807. The summed E-state index contributed by atoms with van der Waals surface area (Å²) in [6.07, 6.45) is 2.13. The van der Waals surface area contributed by atoms with Gasteiger partial charge in [0.2, 0.25) is 0 Å². The maximum atomic E-state index is 12.5. The van der Waals surface area contributed by atoms with E-state index in [-0.39, 0.29) is 40.1 Å². The van der Waals surface area contributed by atoms with Gasteiger partial charge < -0.3 is 9.64 Å². The third-order valence-electron chi connectivity index (χ3n) is 4.31. The van der Waals surface area contributed by atoms with E-state index >= 15 is 0 Å². The molecule has 1 aliphatic heterocycles. The van der Waals surface area contributed by atoms with Crippen molar-refractivity contribution >= 4 is 44.9 Å².